The Bertz CT molecular complexity index is 337. The van der Waals surface area contributed by atoms with Gasteiger partial charge in [-0.25, -0.2) is 4.39 Å². The van der Waals surface area contributed by atoms with Gasteiger partial charge in [-0.3, -0.25) is 0 Å². The van der Waals surface area contributed by atoms with Gasteiger partial charge in [0.25, 0.3) is 0 Å². The summed E-state index contributed by atoms with van der Waals surface area (Å²) in [6.45, 7) is 3.76. The van der Waals surface area contributed by atoms with Crippen molar-refractivity contribution >= 4 is 0 Å². The summed E-state index contributed by atoms with van der Waals surface area (Å²) >= 11 is 0. The van der Waals surface area contributed by atoms with Crippen LogP contribution in [0.5, 0.6) is 5.75 Å². The summed E-state index contributed by atoms with van der Waals surface area (Å²) in [5.41, 5.74) is 7.14. The number of hydrogen-bond donors (Lipinski definition) is 1. The number of hydrogen-bond acceptors (Lipinski definition) is 2. The second kappa shape index (κ2) is 5.12. The molecular weight excluding hydrogens is 193 g/mol. The summed E-state index contributed by atoms with van der Waals surface area (Å²) in [6, 6.07) is 3.45. The van der Waals surface area contributed by atoms with E-state index in [9.17, 15) is 4.39 Å². The summed E-state index contributed by atoms with van der Waals surface area (Å²) < 4.78 is 18.8. The lowest BCUT2D eigenvalue weighted by Crippen LogP contribution is -2.16. The first-order valence-corrected chi connectivity index (χ1v) is 5.13. The van der Waals surface area contributed by atoms with Gasteiger partial charge >= 0.3 is 0 Å². The number of rotatable bonds is 4. The molecule has 0 fully saturated rings. The minimum absolute atomic E-state index is 0.0791. The molecule has 1 atom stereocenters. The molecule has 1 aromatic rings. The molecule has 1 aromatic carbocycles. The van der Waals surface area contributed by atoms with Crippen LogP contribution in [0.3, 0.4) is 0 Å². The minimum atomic E-state index is -0.201. The van der Waals surface area contributed by atoms with E-state index in [1.54, 1.807) is 7.11 Å². The number of methoxy groups -OCH3 is 1. The number of benzene rings is 1. The monoisotopic (exact) mass is 211 g/mol. The van der Waals surface area contributed by atoms with Crippen LogP contribution in [0.1, 0.15) is 24.5 Å². The van der Waals surface area contributed by atoms with Gasteiger partial charge in [0.1, 0.15) is 11.6 Å². The van der Waals surface area contributed by atoms with Crippen LogP contribution in [0.15, 0.2) is 12.1 Å². The molecule has 0 aliphatic rings. The van der Waals surface area contributed by atoms with Crippen molar-refractivity contribution in [2.45, 2.75) is 32.7 Å². The standard InChI is InChI=1S/C12H18FNO/c1-8-6-11(13)10(5-4-9(2)14)12(7-8)15-3/h6-7,9H,4-5,14H2,1-3H3/t9-/m1/s1. The molecule has 0 aliphatic carbocycles. The van der Waals surface area contributed by atoms with Crippen LogP contribution in [0.4, 0.5) is 4.39 Å². The Balaban J connectivity index is 2.93. The third-order valence-electron chi connectivity index (χ3n) is 2.37. The zero-order valence-corrected chi connectivity index (χ0v) is 9.51. The maximum atomic E-state index is 13.6. The number of nitrogens with two attached hydrogens (primary N) is 1. The number of ether oxygens (including phenoxy) is 1. The van der Waals surface area contributed by atoms with Crippen LogP contribution in [0, 0.1) is 12.7 Å². The molecular formula is C12H18FNO. The quantitative estimate of drug-likeness (QED) is 0.830. The Labute approximate surface area is 90.2 Å². The van der Waals surface area contributed by atoms with Crippen LogP contribution in [-0.2, 0) is 6.42 Å². The van der Waals surface area contributed by atoms with Crippen molar-refractivity contribution in [3.63, 3.8) is 0 Å². The lowest BCUT2D eigenvalue weighted by molar-refractivity contribution is 0.402. The Hall–Kier alpha value is -1.09. The van der Waals surface area contributed by atoms with Crippen LogP contribution >= 0.6 is 0 Å². The summed E-state index contributed by atoms with van der Waals surface area (Å²) in [6.07, 6.45) is 1.38. The molecule has 0 bridgehead atoms. The molecule has 84 valence electrons. The molecule has 1 rings (SSSR count). The average Bonchev–Trinajstić information content (AvgIpc) is 2.14. The minimum Gasteiger partial charge on any atom is -0.496 e. The second-order valence-corrected chi connectivity index (χ2v) is 3.94. The summed E-state index contributed by atoms with van der Waals surface area (Å²) in [5.74, 6) is 0.417. The maximum Gasteiger partial charge on any atom is 0.130 e. The van der Waals surface area contributed by atoms with Crippen molar-refractivity contribution in [2.75, 3.05) is 7.11 Å². The second-order valence-electron chi connectivity index (χ2n) is 3.94. The smallest absolute Gasteiger partial charge is 0.130 e. The third kappa shape index (κ3) is 3.20. The molecule has 0 radical (unpaired) electrons. The van der Waals surface area contributed by atoms with Gasteiger partial charge in [0, 0.05) is 11.6 Å². The zero-order chi connectivity index (χ0) is 11.4. The molecule has 0 aromatic heterocycles. The lowest BCUT2D eigenvalue weighted by Gasteiger charge is -2.12. The Morgan fingerprint density at radius 2 is 2.13 bits per heavy atom. The summed E-state index contributed by atoms with van der Waals surface area (Å²) in [7, 11) is 1.56. The maximum absolute atomic E-state index is 13.6. The fourth-order valence-corrected chi connectivity index (χ4v) is 1.54. The highest BCUT2D eigenvalue weighted by Crippen LogP contribution is 2.25. The van der Waals surface area contributed by atoms with Gasteiger partial charge in [-0.2, -0.15) is 0 Å². The SMILES string of the molecule is COc1cc(C)cc(F)c1CC[C@@H](C)N. The van der Waals surface area contributed by atoms with E-state index in [4.69, 9.17) is 10.5 Å². The van der Waals surface area contributed by atoms with Gasteiger partial charge in [0.05, 0.1) is 7.11 Å². The van der Waals surface area contributed by atoms with E-state index in [-0.39, 0.29) is 11.9 Å². The van der Waals surface area contributed by atoms with Gasteiger partial charge < -0.3 is 10.5 Å². The molecule has 0 saturated carbocycles. The molecule has 2 nitrogen and oxygen atoms in total. The van der Waals surface area contributed by atoms with Gasteiger partial charge in [0.15, 0.2) is 0 Å². The zero-order valence-electron chi connectivity index (χ0n) is 9.51. The van der Waals surface area contributed by atoms with Gasteiger partial charge in [0.2, 0.25) is 0 Å². The van der Waals surface area contributed by atoms with E-state index in [2.05, 4.69) is 0 Å². The van der Waals surface area contributed by atoms with Gasteiger partial charge in [-0.15, -0.1) is 0 Å². The van der Waals surface area contributed by atoms with Crippen LogP contribution in [0.2, 0.25) is 0 Å². The molecule has 0 spiro atoms. The van der Waals surface area contributed by atoms with Crippen molar-refractivity contribution in [3.05, 3.63) is 29.1 Å². The fraction of sp³-hybridized carbons (Fsp3) is 0.500. The Morgan fingerprint density at radius 3 is 2.67 bits per heavy atom. The van der Waals surface area contributed by atoms with E-state index in [0.29, 0.717) is 17.7 Å². The Morgan fingerprint density at radius 1 is 1.47 bits per heavy atom. The van der Waals surface area contributed by atoms with Gasteiger partial charge in [-0.05, 0) is 44.4 Å². The van der Waals surface area contributed by atoms with Crippen LogP contribution in [-0.4, -0.2) is 13.2 Å². The van der Waals surface area contributed by atoms with E-state index in [0.717, 1.165) is 12.0 Å². The van der Waals surface area contributed by atoms with Crippen molar-refractivity contribution in [3.8, 4) is 5.75 Å². The largest absolute Gasteiger partial charge is 0.496 e. The predicted molar refractivity (Wildman–Crippen MR) is 59.7 cm³/mol. The van der Waals surface area contributed by atoms with E-state index >= 15 is 0 Å². The molecule has 2 N–H and O–H groups in total. The van der Waals surface area contributed by atoms with Crippen LogP contribution in [0.25, 0.3) is 0 Å². The molecule has 0 heterocycles. The topological polar surface area (TPSA) is 35.2 Å². The molecule has 0 amide bonds. The number of halogens is 1. The van der Waals surface area contributed by atoms with Crippen LogP contribution < -0.4 is 10.5 Å². The van der Waals surface area contributed by atoms with Crippen molar-refractivity contribution in [2.24, 2.45) is 5.73 Å². The first-order valence-electron chi connectivity index (χ1n) is 5.13. The van der Waals surface area contributed by atoms with Crippen molar-refractivity contribution < 1.29 is 9.13 Å². The lowest BCUT2D eigenvalue weighted by atomic mass is 10.0. The normalized spacial score (nSPS) is 12.6. The van der Waals surface area contributed by atoms with E-state index < -0.39 is 0 Å². The predicted octanol–water partition coefficient (Wildman–Crippen LogP) is 2.42. The van der Waals surface area contributed by atoms with E-state index in [1.807, 2.05) is 19.9 Å². The molecule has 3 heteroatoms. The molecule has 0 saturated heterocycles. The molecule has 0 aliphatic heterocycles. The first-order chi connectivity index (χ1) is 7.04. The molecule has 15 heavy (non-hydrogen) atoms. The van der Waals surface area contributed by atoms with Crippen molar-refractivity contribution in [1.82, 2.24) is 0 Å². The third-order valence-corrected chi connectivity index (χ3v) is 2.37. The van der Waals surface area contributed by atoms with E-state index in [1.165, 1.54) is 6.07 Å². The Kier molecular flexibility index (Phi) is 4.09. The molecule has 0 unspecified atom stereocenters. The van der Waals surface area contributed by atoms with Gasteiger partial charge in [-0.1, -0.05) is 0 Å². The highest BCUT2D eigenvalue weighted by Gasteiger charge is 2.10. The number of aryl methyl sites for hydroxylation is 1. The average molecular weight is 211 g/mol. The summed E-state index contributed by atoms with van der Waals surface area (Å²) in [5, 5.41) is 0. The summed E-state index contributed by atoms with van der Waals surface area (Å²) in [4.78, 5) is 0. The van der Waals surface area contributed by atoms with Crippen molar-refractivity contribution in [1.29, 1.82) is 0 Å². The first kappa shape index (κ1) is 12.0. The highest BCUT2D eigenvalue weighted by atomic mass is 19.1. The highest BCUT2D eigenvalue weighted by molar-refractivity contribution is 5.38. The fourth-order valence-electron chi connectivity index (χ4n) is 1.54.